The van der Waals surface area contributed by atoms with Crippen molar-refractivity contribution < 1.29 is 0 Å². The van der Waals surface area contributed by atoms with Gasteiger partial charge in [-0.3, -0.25) is 4.90 Å². The molecule has 0 aliphatic carbocycles. The summed E-state index contributed by atoms with van der Waals surface area (Å²) in [5.74, 6) is 1.18. The van der Waals surface area contributed by atoms with Gasteiger partial charge in [-0.25, -0.2) is 9.50 Å². The summed E-state index contributed by atoms with van der Waals surface area (Å²) in [4.78, 5) is 11.3. The fourth-order valence-electron chi connectivity index (χ4n) is 3.74. The van der Waals surface area contributed by atoms with Gasteiger partial charge in [0.15, 0.2) is 0 Å². The molecule has 2 unspecified atom stereocenters. The summed E-state index contributed by atoms with van der Waals surface area (Å²) >= 11 is 0. The van der Waals surface area contributed by atoms with E-state index in [-0.39, 0.29) is 0 Å². The lowest BCUT2D eigenvalue weighted by atomic mass is 9.93. The minimum atomic E-state index is 0.473. The number of benzene rings is 1. The maximum absolute atomic E-state index is 4.47. The van der Waals surface area contributed by atoms with Crippen molar-refractivity contribution in [3.05, 3.63) is 53.1 Å². The van der Waals surface area contributed by atoms with Crippen LogP contribution in [-0.4, -0.2) is 37.6 Å². The second-order valence-corrected chi connectivity index (χ2v) is 7.68. The van der Waals surface area contributed by atoms with Crippen LogP contribution in [0.4, 0.5) is 0 Å². The summed E-state index contributed by atoms with van der Waals surface area (Å²) in [7, 11) is 2.84. The van der Waals surface area contributed by atoms with Gasteiger partial charge >= 0.3 is 0 Å². The van der Waals surface area contributed by atoms with Crippen LogP contribution in [0.15, 0.2) is 30.6 Å². The van der Waals surface area contributed by atoms with E-state index in [0.717, 1.165) is 25.3 Å². The van der Waals surface area contributed by atoms with Gasteiger partial charge in [0.25, 0.3) is 5.78 Å². The lowest BCUT2D eigenvalue weighted by Gasteiger charge is -2.33. The van der Waals surface area contributed by atoms with Gasteiger partial charge in [0, 0.05) is 24.7 Å². The molecule has 1 saturated heterocycles. The van der Waals surface area contributed by atoms with Crippen molar-refractivity contribution in [3.8, 4) is 0 Å². The molecule has 25 heavy (non-hydrogen) atoms. The Morgan fingerprint density at radius 2 is 2.12 bits per heavy atom. The quantitative estimate of drug-likeness (QED) is 0.679. The van der Waals surface area contributed by atoms with E-state index in [1.54, 1.807) is 6.33 Å². The van der Waals surface area contributed by atoms with E-state index < -0.39 is 0 Å². The van der Waals surface area contributed by atoms with E-state index >= 15 is 0 Å². The number of piperidine rings is 1. The van der Waals surface area contributed by atoms with Crippen LogP contribution in [0, 0.1) is 13.8 Å². The van der Waals surface area contributed by atoms with Crippen LogP contribution in [-0.2, 0) is 6.54 Å². The predicted octanol–water partition coefficient (Wildman–Crippen LogP) is 2.62. The van der Waals surface area contributed by atoms with E-state index in [1.165, 1.54) is 35.0 Å². The van der Waals surface area contributed by atoms with Gasteiger partial charge in [-0.05, 0) is 55.7 Å². The average molecular weight is 353 g/mol. The van der Waals surface area contributed by atoms with Crippen LogP contribution in [0.2, 0.25) is 0 Å². The number of fused-ring (bicyclic) bond motifs is 1. The largest absolute Gasteiger partial charge is 0.298 e. The summed E-state index contributed by atoms with van der Waals surface area (Å²) < 4.78 is 1.91. The minimum Gasteiger partial charge on any atom is -0.298 e. The maximum atomic E-state index is 4.47. The number of likely N-dealkylation sites (tertiary alicyclic amines) is 1. The standard InChI is InChI=1S/C19H24N5P/c1-13-5-6-15(9-18(13)25)10-23-7-3-4-16(11-23)17-8-14(2)22-19-20-12-21-24(17)19/h5-6,8-9,12,16H,3-4,7,10-11,25H2,1-2H3. The lowest BCUT2D eigenvalue weighted by Crippen LogP contribution is -2.34. The Morgan fingerprint density at radius 3 is 2.96 bits per heavy atom. The van der Waals surface area contributed by atoms with Crippen molar-refractivity contribution in [1.29, 1.82) is 0 Å². The van der Waals surface area contributed by atoms with Crippen molar-refractivity contribution in [2.45, 2.75) is 39.2 Å². The average Bonchev–Trinajstić information content (AvgIpc) is 3.06. The van der Waals surface area contributed by atoms with Gasteiger partial charge < -0.3 is 0 Å². The smallest absolute Gasteiger partial charge is 0.252 e. The summed E-state index contributed by atoms with van der Waals surface area (Å²) in [6.07, 6.45) is 4.00. The SMILES string of the molecule is Cc1cc(C2CCCN(Cc3ccc(C)c(P)c3)C2)n2ncnc2n1. The predicted molar refractivity (Wildman–Crippen MR) is 103 cm³/mol. The highest BCUT2D eigenvalue weighted by molar-refractivity contribution is 7.27. The third-order valence-corrected chi connectivity index (χ3v) is 5.70. The summed E-state index contributed by atoms with van der Waals surface area (Å²) in [5.41, 5.74) is 4.96. The summed E-state index contributed by atoms with van der Waals surface area (Å²) in [6, 6.07) is 8.92. The fraction of sp³-hybridized carbons (Fsp3) is 0.421. The molecule has 0 amide bonds. The monoisotopic (exact) mass is 353 g/mol. The Hall–Kier alpha value is -1.84. The first-order valence-electron chi connectivity index (χ1n) is 8.85. The first-order chi connectivity index (χ1) is 12.1. The van der Waals surface area contributed by atoms with Gasteiger partial charge in [0.1, 0.15) is 6.33 Å². The molecule has 0 saturated carbocycles. The van der Waals surface area contributed by atoms with E-state index in [0.29, 0.717) is 11.7 Å². The van der Waals surface area contributed by atoms with Gasteiger partial charge in [0.05, 0.1) is 5.69 Å². The molecule has 2 atom stereocenters. The Kier molecular flexibility index (Phi) is 4.53. The van der Waals surface area contributed by atoms with Crippen molar-refractivity contribution in [2.75, 3.05) is 13.1 Å². The topological polar surface area (TPSA) is 46.3 Å². The molecule has 130 valence electrons. The number of aryl methyl sites for hydroxylation is 2. The zero-order chi connectivity index (χ0) is 17.4. The Balaban J connectivity index is 1.56. The van der Waals surface area contributed by atoms with Crippen molar-refractivity contribution in [3.63, 3.8) is 0 Å². The molecule has 0 radical (unpaired) electrons. The molecule has 4 rings (SSSR count). The molecule has 1 aliphatic rings. The first-order valence-corrected chi connectivity index (χ1v) is 9.42. The molecule has 0 spiro atoms. The van der Waals surface area contributed by atoms with E-state index in [4.69, 9.17) is 0 Å². The molecule has 1 fully saturated rings. The number of hydrogen-bond acceptors (Lipinski definition) is 4. The van der Waals surface area contributed by atoms with Crippen LogP contribution in [0.5, 0.6) is 0 Å². The molecule has 3 heterocycles. The molecular weight excluding hydrogens is 329 g/mol. The van der Waals surface area contributed by atoms with E-state index in [2.05, 4.69) is 60.4 Å². The van der Waals surface area contributed by atoms with Crippen molar-refractivity contribution >= 4 is 20.3 Å². The number of hydrogen-bond donors (Lipinski definition) is 0. The molecular formula is C19H24N5P. The maximum Gasteiger partial charge on any atom is 0.252 e. The van der Waals surface area contributed by atoms with Crippen LogP contribution in [0.3, 0.4) is 0 Å². The number of aromatic nitrogens is 4. The van der Waals surface area contributed by atoms with Crippen molar-refractivity contribution in [2.24, 2.45) is 0 Å². The van der Waals surface area contributed by atoms with E-state index in [9.17, 15) is 0 Å². The number of rotatable bonds is 3. The number of nitrogens with zero attached hydrogens (tertiary/aromatic N) is 5. The molecule has 0 bridgehead atoms. The first kappa shape index (κ1) is 16.6. The molecule has 1 aliphatic heterocycles. The molecule has 3 aromatic rings. The Labute approximate surface area is 150 Å². The molecule has 5 nitrogen and oxygen atoms in total. The van der Waals surface area contributed by atoms with Crippen LogP contribution >= 0.6 is 9.24 Å². The summed E-state index contributed by atoms with van der Waals surface area (Å²) in [5, 5.41) is 5.68. The van der Waals surface area contributed by atoms with Gasteiger partial charge in [-0.15, -0.1) is 9.24 Å². The third kappa shape index (κ3) is 3.44. The zero-order valence-electron chi connectivity index (χ0n) is 14.8. The van der Waals surface area contributed by atoms with Gasteiger partial charge in [-0.1, -0.05) is 18.2 Å². The Bertz CT molecular complexity index is 904. The van der Waals surface area contributed by atoms with Crippen LogP contribution in [0.25, 0.3) is 5.78 Å². The molecule has 2 aromatic heterocycles. The van der Waals surface area contributed by atoms with E-state index in [1.807, 2.05) is 11.4 Å². The van der Waals surface area contributed by atoms with Gasteiger partial charge in [0.2, 0.25) is 0 Å². The molecule has 1 aromatic carbocycles. The molecule has 0 N–H and O–H groups in total. The highest BCUT2D eigenvalue weighted by Gasteiger charge is 2.24. The normalized spacial score (nSPS) is 18.8. The Morgan fingerprint density at radius 1 is 1.24 bits per heavy atom. The lowest BCUT2D eigenvalue weighted by molar-refractivity contribution is 0.197. The van der Waals surface area contributed by atoms with Crippen LogP contribution in [0.1, 0.15) is 41.3 Å². The highest BCUT2D eigenvalue weighted by Crippen LogP contribution is 2.28. The third-order valence-electron chi connectivity index (χ3n) is 5.08. The van der Waals surface area contributed by atoms with Crippen molar-refractivity contribution in [1.82, 2.24) is 24.5 Å². The van der Waals surface area contributed by atoms with Gasteiger partial charge in [-0.2, -0.15) is 10.1 Å². The minimum absolute atomic E-state index is 0.473. The second-order valence-electron chi connectivity index (χ2n) is 7.06. The molecule has 6 heteroatoms. The van der Waals surface area contributed by atoms with Crippen LogP contribution < -0.4 is 5.30 Å². The fourth-order valence-corrected chi connectivity index (χ4v) is 4.05. The second kappa shape index (κ2) is 6.81. The zero-order valence-corrected chi connectivity index (χ0v) is 16.0. The summed E-state index contributed by atoms with van der Waals surface area (Å²) in [6.45, 7) is 7.39. The highest BCUT2D eigenvalue weighted by atomic mass is 31.0.